The third kappa shape index (κ3) is 4.07. The standard InChI is InChI=1S/C10H21N3O/c1-3-4-11-10(14)9-13-7-5-12(2)6-8-13/h3-9H2,1-2H3,(H,11,14). The SMILES string of the molecule is CCCNC(=O)CN1CCN(C)CC1. The maximum Gasteiger partial charge on any atom is 0.234 e. The van der Waals surface area contributed by atoms with Crippen LogP contribution < -0.4 is 5.32 Å². The number of amides is 1. The van der Waals surface area contributed by atoms with E-state index in [2.05, 4.69) is 29.1 Å². The minimum atomic E-state index is 0.163. The van der Waals surface area contributed by atoms with Crippen LogP contribution in [0, 0.1) is 0 Å². The molecule has 0 spiro atoms. The summed E-state index contributed by atoms with van der Waals surface area (Å²) in [6, 6.07) is 0. The second-order valence-corrected chi connectivity index (χ2v) is 3.93. The van der Waals surface area contributed by atoms with Crippen LogP contribution in [-0.4, -0.2) is 62.0 Å². The molecule has 0 aliphatic carbocycles. The number of nitrogens with one attached hydrogen (secondary N) is 1. The molecule has 1 rings (SSSR count). The van der Waals surface area contributed by atoms with E-state index in [-0.39, 0.29) is 5.91 Å². The maximum atomic E-state index is 11.4. The Bertz CT molecular complexity index is 176. The summed E-state index contributed by atoms with van der Waals surface area (Å²) in [4.78, 5) is 15.9. The van der Waals surface area contributed by atoms with Gasteiger partial charge in [0.25, 0.3) is 0 Å². The Hall–Kier alpha value is -0.610. The highest BCUT2D eigenvalue weighted by Gasteiger charge is 2.15. The Morgan fingerprint density at radius 2 is 1.93 bits per heavy atom. The van der Waals surface area contributed by atoms with Crippen molar-refractivity contribution < 1.29 is 4.79 Å². The lowest BCUT2D eigenvalue weighted by Gasteiger charge is -2.31. The van der Waals surface area contributed by atoms with Gasteiger partial charge in [0.1, 0.15) is 0 Å². The summed E-state index contributed by atoms with van der Waals surface area (Å²) in [7, 11) is 2.12. The van der Waals surface area contributed by atoms with Crippen molar-refractivity contribution in [1.82, 2.24) is 15.1 Å². The van der Waals surface area contributed by atoms with E-state index in [1.807, 2.05) is 0 Å². The number of piperazine rings is 1. The van der Waals surface area contributed by atoms with Gasteiger partial charge in [-0.1, -0.05) is 6.92 Å². The van der Waals surface area contributed by atoms with Crippen LogP contribution in [0.1, 0.15) is 13.3 Å². The Balaban J connectivity index is 2.14. The van der Waals surface area contributed by atoms with Crippen LogP contribution in [0.3, 0.4) is 0 Å². The molecule has 1 fully saturated rings. The molecule has 4 nitrogen and oxygen atoms in total. The largest absolute Gasteiger partial charge is 0.355 e. The van der Waals surface area contributed by atoms with Gasteiger partial charge in [-0.25, -0.2) is 0 Å². The van der Waals surface area contributed by atoms with Crippen molar-refractivity contribution in [2.75, 3.05) is 46.3 Å². The molecule has 0 aromatic carbocycles. The second kappa shape index (κ2) is 5.98. The van der Waals surface area contributed by atoms with Crippen molar-refractivity contribution in [3.8, 4) is 0 Å². The monoisotopic (exact) mass is 199 g/mol. The summed E-state index contributed by atoms with van der Waals surface area (Å²) in [6.45, 7) is 7.59. The summed E-state index contributed by atoms with van der Waals surface area (Å²) in [5, 5.41) is 2.90. The van der Waals surface area contributed by atoms with Crippen molar-refractivity contribution in [2.45, 2.75) is 13.3 Å². The van der Waals surface area contributed by atoms with Gasteiger partial charge in [-0.3, -0.25) is 9.69 Å². The number of carbonyl (C=O) groups excluding carboxylic acids is 1. The van der Waals surface area contributed by atoms with Crippen molar-refractivity contribution in [1.29, 1.82) is 0 Å². The molecule has 0 unspecified atom stereocenters. The first-order valence-electron chi connectivity index (χ1n) is 5.40. The molecule has 0 bridgehead atoms. The van der Waals surface area contributed by atoms with Crippen molar-refractivity contribution in [3.63, 3.8) is 0 Å². The summed E-state index contributed by atoms with van der Waals surface area (Å²) < 4.78 is 0. The van der Waals surface area contributed by atoms with E-state index in [9.17, 15) is 4.79 Å². The first-order valence-corrected chi connectivity index (χ1v) is 5.40. The fourth-order valence-electron chi connectivity index (χ4n) is 1.53. The van der Waals surface area contributed by atoms with E-state index in [0.29, 0.717) is 6.54 Å². The molecule has 0 aromatic rings. The average molecular weight is 199 g/mol. The molecule has 1 heterocycles. The van der Waals surface area contributed by atoms with Gasteiger partial charge in [0, 0.05) is 32.7 Å². The zero-order valence-corrected chi connectivity index (χ0v) is 9.25. The van der Waals surface area contributed by atoms with E-state index in [1.54, 1.807) is 0 Å². The smallest absolute Gasteiger partial charge is 0.234 e. The van der Waals surface area contributed by atoms with Gasteiger partial charge in [0.05, 0.1) is 6.54 Å². The minimum Gasteiger partial charge on any atom is -0.355 e. The summed E-state index contributed by atoms with van der Waals surface area (Å²) in [6.07, 6.45) is 1.01. The minimum absolute atomic E-state index is 0.163. The van der Waals surface area contributed by atoms with Crippen LogP contribution >= 0.6 is 0 Å². The maximum absolute atomic E-state index is 11.4. The van der Waals surface area contributed by atoms with Gasteiger partial charge in [-0.2, -0.15) is 0 Å². The van der Waals surface area contributed by atoms with E-state index >= 15 is 0 Å². The number of likely N-dealkylation sites (N-methyl/N-ethyl adjacent to an activating group) is 1. The lowest BCUT2D eigenvalue weighted by atomic mass is 10.3. The lowest BCUT2D eigenvalue weighted by Crippen LogP contribution is -2.48. The molecule has 1 saturated heterocycles. The predicted octanol–water partition coefficient (Wildman–Crippen LogP) is -0.240. The molecule has 1 aliphatic heterocycles. The Morgan fingerprint density at radius 3 is 2.50 bits per heavy atom. The molecule has 0 atom stereocenters. The van der Waals surface area contributed by atoms with E-state index < -0.39 is 0 Å². The molecule has 0 aromatic heterocycles. The molecule has 0 radical (unpaired) electrons. The summed E-state index contributed by atoms with van der Waals surface area (Å²) in [5.74, 6) is 0.163. The fourth-order valence-corrected chi connectivity index (χ4v) is 1.53. The predicted molar refractivity (Wildman–Crippen MR) is 57.2 cm³/mol. The fraction of sp³-hybridized carbons (Fsp3) is 0.900. The molecule has 14 heavy (non-hydrogen) atoms. The topological polar surface area (TPSA) is 35.6 Å². The molecule has 82 valence electrons. The molecule has 4 heteroatoms. The third-order valence-corrected chi connectivity index (χ3v) is 2.54. The second-order valence-electron chi connectivity index (χ2n) is 3.93. The van der Waals surface area contributed by atoms with Gasteiger partial charge in [-0.05, 0) is 13.5 Å². The third-order valence-electron chi connectivity index (χ3n) is 2.54. The summed E-state index contributed by atoms with van der Waals surface area (Å²) in [5.41, 5.74) is 0. The highest BCUT2D eigenvalue weighted by molar-refractivity contribution is 5.77. The highest BCUT2D eigenvalue weighted by Crippen LogP contribution is 1.97. The van der Waals surface area contributed by atoms with Gasteiger partial charge in [0.15, 0.2) is 0 Å². The molecular weight excluding hydrogens is 178 g/mol. The zero-order chi connectivity index (χ0) is 10.4. The highest BCUT2D eigenvalue weighted by atomic mass is 16.2. The number of hydrogen-bond donors (Lipinski definition) is 1. The molecular formula is C10H21N3O. The van der Waals surface area contributed by atoms with E-state index in [1.165, 1.54) is 0 Å². The first kappa shape index (κ1) is 11.5. The normalized spacial score (nSPS) is 19.6. The number of hydrogen-bond acceptors (Lipinski definition) is 3. The zero-order valence-electron chi connectivity index (χ0n) is 9.25. The summed E-state index contributed by atoms with van der Waals surface area (Å²) >= 11 is 0. The first-order chi connectivity index (χ1) is 6.72. The Morgan fingerprint density at radius 1 is 1.29 bits per heavy atom. The quantitative estimate of drug-likeness (QED) is 0.679. The molecule has 1 N–H and O–H groups in total. The average Bonchev–Trinajstić information content (AvgIpc) is 2.18. The molecule has 0 saturated carbocycles. The van der Waals surface area contributed by atoms with Gasteiger partial charge >= 0.3 is 0 Å². The van der Waals surface area contributed by atoms with Gasteiger partial charge in [0.2, 0.25) is 5.91 Å². The Labute approximate surface area is 86.2 Å². The van der Waals surface area contributed by atoms with Crippen LogP contribution in [0.25, 0.3) is 0 Å². The van der Waals surface area contributed by atoms with E-state index in [0.717, 1.165) is 39.1 Å². The number of carbonyl (C=O) groups is 1. The van der Waals surface area contributed by atoms with Crippen LogP contribution in [0.2, 0.25) is 0 Å². The van der Waals surface area contributed by atoms with Crippen LogP contribution in [-0.2, 0) is 4.79 Å². The number of nitrogens with zero attached hydrogens (tertiary/aromatic N) is 2. The van der Waals surface area contributed by atoms with Crippen LogP contribution in [0.5, 0.6) is 0 Å². The van der Waals surface area contributed by atoms with E-state index in [4.69, 9.17) is 0 Å². The molecule has 1 amide bonds. The van der Waals surface area contributed by atoms with Gasteiger partial charge in [-0.15, -0.1) is 0 Å². The van der Waals surface area contributed by atoms with Gasteiger partial charge < -0.3 is 10.2 Å². The van der Waals surface area contributed by atoms with Crippen molar-refractivity contribution in [3.05, 3.63) is 0 Å². The number of rotatable bonds is 4. The van der Waals surface area contributed by atoms with Crippen molar-refractivity contribution in [2.24, 2.45) is 0 Å². The van der Waals surface area contributed by atoms with Crippen molar-refractivity contribution >= 4 is 5.91 Å². The van der Waals surface area contributed by atoms with Crippen LogP contribution in [0.15, 0.2) is 0 Å². The van der Waals surface area contributed by atoms with Crippen LogP contribution in [0.4, 0.5) is 0 Å². The lowest BCUT2D eigenvalue weighted by molar-refractivity contribution is -0.122. The Kier molecular flexibility index (Phi) is 4.90. The molecule has 1 aliphatic rings.